The molecule has 0 atom stereocenters. The summed E-state index contributed by atoms with van der Waals surface area (Å²) < 4.78 is 13.1. The molecule has 0 fully saturated rings. The van der Waals surface area contributed by atoms with E-state index in [1.807, 2.05) is 30.5 Å². The minimum Gasteiger partial charge on any atom is -0.486 e. The van der Waals surface area contributed by atoms with E-state index in [-0.39, 0.29) is 12.5 Å². The van der Waals surface area contributed by atoms with Crippen LogP contribution in [-0.2, 0) is 11.3 Å². The third-order valence-electron chi connectivity index (χ3n) is 3.48. The second kappa shape index (κ2) is 5.63. The maximum atomic E-state index is 11.9. The first-order valence-electron chi connectivity index (χ1n) is 7.22. The van der Waals surface area contributed by atoms with Gasteiger partial charge in [-0.25, -0.2) is 4.98 Å². The fourth-order valence-corrected chi connectivity index (χ4v) is 2.45. The van der Waals surface area contributed by atoms with Crippen molar-refractivity contribution in [1.82, 2.24) is 14.9 Å². The predicted molar refractivity (Wildman–Crippen MR) is 78.8 cm³/mol. The van der Waals surface area contributed by atoms with Gasteiger partial charge in [0.15, 0.2) is 11.5 Å². The molecule has 0 aliphatic carbocycles. The Morgan fingerprint density at radius 2 is 2.05 bits per heavy atom. The molecule has 0 spiro atoms. The molecule has 0 unspecified atom stereocenters. The first-order chi connectivity index (χ1) is 10.2. The average Bonchev–Trinajstić information content (AvgIpc) is 2.78. The highest BCUT2D eigenvalue weighted by Crippen LogP contribution is 2.34. The van der Waals surface area contributed by atoms with E-state index >= 15 is 0 Å². The zero-order valence-electron chi connectivity index (χ0n) is 12.3. The molecule has 1 aromatic heterocycles. The van der Waals surface area contributed by atoms with Gasteiger partial charge in [0.25, 0.3) is 0 Å². The van der Waals surface area contributed by atoms with E-state index in [0.29, 0.717) is 31.3 Å². The first-order valence-corrected chi connectivity index (χ1v) is 7.22. The molecule has 2 heterocycles. The van der Waals surface area contributed by atoms with E-state index < -0.39 is 0 Å². The molecule has 0 saturated heterocycles. The number of aromatic nitrogens is 2. The second-order valence-corrected chi connectivity index (χ2v) is 5.08. The lowest BCUT2D eigenvalue weighted by Gasteiger charge is -2.18. The van der Waals surface area contributed by atoms with Gasteiger partial charge in [-0.15, -0.1) is 0 Å². The van der Waals surface area contributed by atoms with Crippen LogP contribution in [0.5, 0.6) is 11.5 Å². The zero-order chi connectivity index (χ0) is 14.8. The molecule has 6 nitrogen and oxygen atoms in total. The fraction of sp³-hybridized carbons (Fsp3) is 0.467. The molecule has 0 radical (unpaired) electrons. The monoisotopic (exact) mass is 289 g/mol. The Morgan fingerprint density at radius 1 is 1.33 bits per heavy atom. The topological polar surface area (TPSA) is 65.4 Å². The summed E-state index contributed by atoms with van der Waals surface area (Å²) in [5, 5.41) is 2.88. The van der Waals surface area contributed by atoms with E-state index in [9.17, 15) is 4.79 Å². The number of amides is 1. The SMILES string of the molecule is CCCNC(=O)Cn1c(C)nc2cc3c(cc21)OCCO3. The van der Waals surface area contributed by atoms with Crippen molar-refractivity contribution in [2.75, 3.05) is 19.8 Å². The number of hydrogen-bond acceptors (Lipinski definition) is 4. The second-order valence-electron chi connectivity index (χ2n) is 5.08. The van der Waals surface area contributed by atoms with Gasteiger partial charge in [-0.05, 0) is 13.3 Å². The number of benzene rings is 1. The summed E-state index contributed by atoms with van der Waals surface area (Å²) in [6.45, 7) is 5.98. The van der Waals surface area contributed by atoms with Crippen LogP contribution in [0, 0.1) is 6.92 Å². The molecule has 0 saturated carbocycles. The summed E-state index contributed by atoms with van der Waals surface area (Å²) in [6.07, 6.45) is 0.925. The van der Waals surface area contributed by atoms with Crippen molar-refractivity contribution in [3.05, 3.63) is 18.0 Å². The molecule has 2 aromatic rings. The molecule has 112 valence electrons. The first kappa shape index (κ1) is 13.7. The van der Waals surface area contributed by atoms with Crippen LogP contribution in [0.25, 0.3) is 11.0 Å². The van der Waals surface area contributed by atoms with Gasteiger partial charge in [0.2, 0.25) is 5.91 Å². The van der Waals surface area contributed by atoms with Crippen molar-refractivity contribution in [3.8, 4) is 11.5 Å². The Balaban J connectivity index is 1.94. The molecule has 1 aliphatic rings. The predicted octanol–water partition coefficient (Wildman–Crippen LogP) is 1.64. The van der Waals surface area contributed by atoms with E-state index in [1.165, 1.54) is 0 Å². The van der Waals surface area contributed by atoms with Crippen molar-refractivity contribution >= 4 is 16.9 Å². The quantitative estimate of drug-likeness (QED) is 0.929. The normalized spacial score (nSPS) is 13.4. The summed E-state index contributed by atoms with van der Waals surface area (Å²) in [4.78, 5) is 16.4. The third kappa shape index (κ3) is 2.66. The van der Waals surface area contributed by atoms with Crippen LogP contribution < -0.4 is 14.8 Å². The molecule has 0 bridgehead atoms. The number of fused-ring (bicyclic) bond motifs is 2. The summed E-state index contributed by atoms with van der Waals surface area (Å²) in [7, 11) is 0. The molecule has 6 heteroatoms. The number of hydrogen-bond donors (Lipinski definition) is 1. The summed E-state index contributed by atoms with van der Waals surface area (Å²) in [5.41, 5.74) is 1.71. The van der Waals surface area contributed by atoms with Gasteiger partial charge in [0.1, 0.15) is 25.6 Å². The van der Waals surface area contributed by atoms with Crippen LogP contribution in [0.15, 0.2) is 12.1 Å². The highest BCUT2D eigenvalue weighted by Gasteiger charge is 2.17. The van der Waals surface area contributed by atoms with Crippen LogP contribution in [0.3, 0.4) is 0 Å². The van der Waals surface area contributed by atoms with Gasteiger partial charge in [0, 0.05) is 18.7 Å². The van der Waals surface area contributed by atoms with E-state index in [1.54, 1.807) is 0 Å². The van der Waals surface area contributed by atoms with Gasteiger partial charge < -0.3 is 19.4 Å². The molecule has 1 aromatic carbocycles. The van der Waals surface area contributed by atoms with Crippen LogP contribution in [-0.4, -0.2) is 35.2 Å². The molecule has 1 amide bonds. The van der Waals surface area contributed by atoms with Gasteiger partial charge >= 0.3 is 0 Å². The lowest BCUT2D eigenvalue weighted by molar-refractivity contribution is -0.121. The largest absolute Gasteiger partial charge is 0.486 e. The van der Waals surface area contributed by atoms with Crippen molar-refractivity contribution in [2.24, 2.45) is 0 Å². The minimum atomic E-state index is -0.00543. The number of imidazole rings is 1. The number of ether oxygens (including phenoxy) is 2. The fourth-order valence-electron chi connectivity index (χ4n) is 2.45. The van der Waals surface area contributed by atoms with Gasteiger partial charge in [0.05, 0.1) is 11.0 Å². The van der Waals surface area contributed by atoms with Crippen molar-refractivity contribution in [2.45, 2.75) is 26.8 Å². The maximum absolute atomic E-state index is 11.9. The number of nitrogens with zero attached hydrogens (tertiary/aromatic N) is 2. The molecular formula is C15H19N3O3. The maximum Gasteiger partial charge on any atom is 0.240 e. The van der Waals surface area contributed by atoms with E-state index in [2.05, 4.69) is 10.3 Å². The lowest BCUT2D eigenvalue weighted by atomic mass is 10.2. The molecule has 21 heavy (non-hydrogen) atoms. The van der Waals surface area contributed by atoms with Crippen LogP contribution in [0.2, 0.25) is 0 Å². The number of aryl methyl sites for hydroxylation is 1. The molecular weight excluding hydrogens is 270 g/mol. The van der Waals surface area contributed by atoms with Crippen molar-refractivity contribution in [1.29, 1.82) is 0 Å². The smallest absolute Gasteiger partial charge is 0.240 e. The highest BCUT2D eigenvalue weighted by atomic mass is 16.6. The molecule has 1 aliphatic heterocycles. The van der Waals surface area contributed by atoms with Crippen LogP contribution >= 0.6 is 0 Å². The number of carbonyl (C=O) groups is 1. The van der Waals surface area contributed by atoms with E-state index in [0.717, 1.165) is 23.3 Å². The average molecular weight is 289 g/mol. The number of rotatable bonds is 4. The van der Waals surface area contributed by atoms with Crippen molar-refractivity contribution < 1.29 is 14.3 Å². The lowest BCUT2D eigenvalue weighted by Crippen LogP contribution is -2.28. The van der Waals surface area contributed by atoms with Gasteiger partial charge in [-0.3, -0.25) is 4.79 Å². The Hall–Kier alpha value is -2.24. The molecule has 1 N–H and O–H groups in total. The minimum absolute atomic E-state index is 0.00543. The van der Waals surface area contributed by atoms with Crippen LogP contribution in [0.1, 0.15) is 19.2 Å². The third-order valence-corrected chi connectivity index (χ3v) is 3.48. The Bertz CT molecular complexity index is 678. The Kier molecular flexibility index (Phi) is 3.68. The standard InChI is InChI=1S/C15H19N3O3/c1-3-4-16-15(19)9-18-10(2)17-11-7-13-14(8-12(11)18)21-6-5-20-13/h7-8H,3-6,9H2,1-2H3,(H,16,19). The molecule has 3 rings (SSSR count). The summed E-state index contributed by atoms with van der Waals surface area (Å²) >= 11 is 0. The zero-order valence-corrected chi connectivity index (χ0v) is 12.3. The Labute approximate surface area is 123 Å². The van der Waals surface area contributed by atoms with Gasteiger partial charge in [-0.2, -0.15) is 0 Å². The highest BCUT2D eigenvalue weighted by molar-refractivity contribution is 5.83. The summed E-state index contributed by atoms with van der Waals surface area (Å²) in [5.74, 6) is 2.23. The van der Waals surface area contributed by atoms with Crippen molar-refractivity contribution in [3.63, 3.8) is 0 Å². The van der Waals surface area contributed by atoms with Crippen LogP contribution in [0.4, 0.5) is 0 Å². The summed E-state index contributed by atoms with van der Waals surface area (Å²) in [6, 6.07) is 3.77. The van der Waals surface area contributed by atoms with E-state index in [4.69, 9.17) is 9.47 Å². The van der Waals surface area contributed by atoms with Gasteiger partial charge in [-0.1, -0.05) is 6.92 Å². The Morgan fingerprint density at radius 3 is 2.76 bits per heavy atom. The number of carbonyl (C=O) groups excluding carboxylic acids is 1. The number of nitrogens with one attached hydrogen (secondary N) is 1.